The SMILES string of the molecule is Cc1ccc(CC(=O)OCC(=O)Nc2ccc3c(c2)OCCO3)cc1C. The first kappa shape index (κ1) is 17.8. The van der Waals surface area contributed by atoms with E-state index in [1.54, 1.807) is 18.2 Å². The van der Waals surface area contributed by atoms with E-state index in [2.05, 4.69) is 5.32 Å². The average molecular weight is 355 g/mol. The van der Waals surface area contributed by atoms with E-state index in [9.17, 15) is 9.59 Å². The summed E-state index contributed by atoms with van der Waals surface area (Å²) in [6.07, 6.45) is 0.137. The number of aryl methyl sites for hydroxylation is 2. The molecule has 0 fully saturated rings. The third-order valence-electron chi connectivity index (χ3n) is 4.11. The third-order valence-corrected chi connectivity index (χ3v) is 4.11. The van der Waals surface area contributed by atoms with Crippen LogP contribution in [0.5, 0.6) is 11.5 Å². The second-order valence-electron chi connectivity index (χ2n) is 6.16. The maximum atomic E-state index is 12.0. The molecule has 0 bridgehead atoms. The Labute approximate surface area is 152 Å². The van der Waals surface area contributed by atoms with Crippen LogP contribution in [-0.4, -0.2) is 31.7 Å². The Morgan fingerprint density at radius 3 is 2.54 bits per heavy atom. The molecule has 2 aromatic rings. The van der Waals surface area contributed by atoms with Crippen molar-refractivity contribution < 1.29 is 23.8 Å². The van der Waals surface area contributed by atoms with Gasteiger partial charge in [0, 0.05) is 11.8 Å². The molecule has 1 aliphatic rings. The number of hydrogen-bond acceptors (Lipinski definition) is 5. The van der Waals surface area contributed by atoms with Crippen LogP contribution in [0.3, 0.4) is 0 Å². The molecule has 1 heterocycles. The van der Waals surface area contributed by atoms with Gasteiger partial charge in [-0.1, -0.05) is 18.2 Å². The lowest BCUT2D eigenvalue weighted by Gasteiger charge is -2.19. The van der Waals surface area contributed by atoms with E-state index in [1.165, 1.54) is 5.56 Å². The fourth-order valence-corrected chi connectivity index (χ4v) is 2.60. The molecule has 0 aromatic heterocycles. The molecule has 0 saturated carbocycles. The fourth-order valence-electron chi connectivity index (χ4n) is 2.60. The molecule has 136 valence electrons. The van der Waals surface area contributed by atoms with Gasteiger partial charge in [-0.15, -0.1) is 0 Å². The summed E-state index contributed by atoms with van der Waals surface area (Å²) in [7, 11) is 0. The van der Waals surface area contributed by atoms with Crippen LogP contribution in [-0.2, 0) is 20.7 Å². The van der Waals surface area contributed by atoms with Gasteiger partial charge in [-0.25, -0.2) is 0 Å². The normalized spacial score (nSPS) is 12.4. The van der Waals surface area contributed by atoms with Gasteiger partial charge in [-0.2, -0.15) is 0 Å². The first-order valence-corrected chi connectivity index (χ1v) is 8.42. The minimum atomic E-state index is -0.439. The smallest absolute Gasteiger partial charge is 0.310 e. The fraction of sp³-hybridized carbons (Fsp3) is 0.300. The largest absolute Gasteiger partial charge is 0.486 e. The van der Waals surface area contributed by atoms with Crippen LogP contribution in [0.25, 0.3) is 0 Å². The Kier molecular flexibility index (Phi) is 5.41. The molecule has 0 unspecified atom stereocenters. The van der Waals surface area contributed by atoms with Gasteiger partial charge in [0.05, 0.1) is 6.42 Å². The highest BCUT2D eigenvalue weighted by Crippen LogP contribution is 2.32. The lowest BCUT2D eigenvalue weighted by Crippen LogP contribution is -2.22. The molecule has 1 N–H and O–H groups in total. The molecule has 0 atom stereocenters. The monoisotopic (exact) mass is 355 g/mol. The summed E-state index contributed by atoms with van der Waals surface area (Å²) < 4.78 is 15.9. The van der Waals surface area contributed by atoms with Gasteiger partial charge in [-0.3, -0.25) is 9.59 Å². The second-order valence-corrected chi connectivity index (χ2v) is 6.16. The van der Waals surface area contributed by atoms with Crippen molar-refractivity contribution in [2.75, 3.05) is 25.1 Å². The van der Waals surface area contributed by atoms with Crippen LogP contribution in [0.2, 0.25) is 0 Å². The Morgan fingerprint density at radius 2 is 1.77 bits per heavy atom. The van der Waals surface area contributed by atoms with Crippen molar-refractivity contribution >= 4 is 17.6 Å². The zero-order chi connectivity index (χ0) is 18.5. The van der Waals surface area contributed by atoms with E-state index in [4.69, 9.17) is 14.2 Å². The first-order chi connectivity index (χ1) is 12.5. The maximum Gasteiger partial charge on any atom is 0.310 e. The van der Waals surface area contributed by atoms with Crippen molar-refractivity contribution in [1.82, 2.24) is 0 Å². The number of rotatable bonds is 5. The number of carbonyl (C=O) groups is 2. The molecule has 6 nitrogen and oxygen atoms in total. The van der Waals surface area contributed by atoms with Crippen molar-refractivity contribution in [3.8, 4) is 11.5 Å². The number of hydrogen-bond donors (Lipinski definition) is 1. The lowest BCUT2D eigenvalue weighted by atomic mass is 10.0. The topological polar surface area (TPSA) is 73.9 Å². The number of carbonyl (C=O) groups excluding carboxylic acids is 2. The minimum Gasteiger partial charge on any atom is -0.486 e. The first-order valence-electron chi connectivity index (χ1n) is 8.42. The van der Waals surface area contributed by atoms with Gasteiger partial charge in [0.15, 0.2) is 18.1 Å². The quantitative estimate of drug-likeness (QED) is 0.835. The van der Waals surface area contributed by atoms with Crippen LogP contribution in [0, 0.1) is 13.8 Å². The molecule has 1 aliphatic heterocycles. The van der Waals surface area contributed by atoms with Crippen molar-refractivity contribution in [3.05, 3.63) is 53.1 Å². The van der Waals surface area contributed by atoms with Gasteiger partial charge < -0.3 is 19.5 Å². The zero-order valence-electron chi connectivity index (χ0n) is 14.8. The Morgan fingerprint density at radius 1 is 1.00 bits per heavy atom. The van der Waals surface area contributed by atoms with Crippen molar-refractivity contribution in [3.63, 3.8) is 0 Å². The van der Waals surface area contributed by atoms with E-state index in [0.29, 0.717) is 30.4 Å². The van der Waals surface area contributed by atoms with Crippen molar-refractivity contribution in [2.24, 2.45) is 0 Å². The van der Waals surface area contributed by atoms with Crippen LogP contribution < -0.4 is 14.8 Å². The molecule has 0 radical (unpaired) electrons. The highest BCUT2D eigenvalue weighted by molar-refractivity contribution is 5.93. The van der Waals surface area contributed by atoms with E-state index < -0.39 is 11.9 Å². The molecular weight excluding hydrogens is 334 g/mol. The lowest BCUT2D eigenvalue weighted by molar-refractivity contribution is -0.146. The number of anilines is 1. The van der Waals surface area contributed by atoms with Gasteiger partial charge >= 0.3 is 5.97 Å². The molecule has 26 heavy (non-hydrogen) atoms. The summed E-state index contributed by atoms with van der Waals surface area (Å²) in [5.74, 6) is 0.385. The standard InChI is InChI=1S/C20H21NO5/c1-13-3-4-15(9-14(13)2)10-20(23)26-12-19(22)21-16-5-6-17-18(11-16)25-8-7-24-17/h3-6,9,11H,7-8,10,12H2,1-2H3,(H,21,22). The van der Waals surface area contributed by atoms with Crippen molar-refractivity contribution in [1.29, 1.82) is 0 Å². The number of ether oxygens (including phenoxy) is 3. The summed E-state index contributed by atoms with van der Waals surface area (Å²) in [5, 5.41) is 2.68. The molecule has 2 aromatic carbocycles. The van der Waals surface area contributed by atoms with E-state index >= 15 is 0 Å². The van der Waals surface area contributed by atoms with E-state index in [1.807, 2.05) is 32.0 Å². The Bertz CT molecular complexity index is 831. The summed E-state index contributed by atoms with van der Waals surface area (Å²) in [6.45, 7) is 4.65. The second kappa shape index (κ2) is 7.91. The molecule has 0 aliphatic carbocycles. The number of fused-ring (bicyclic) bond motifs is 1. The van der Waals surface area contributed by atoms with Gasteiger partial charge in [-0.05, 0) is 42.7 Å². The summed E-state index contributed by atoms with van der Waals surface area (Å²) >= 11 is 0. The van der Waals surface area contributed by atoms with Gasteiger partial charge in [0.1, 0.15) is 13.2 Å². The third kappa shape index (κ3) is 4.53. The Hall–Kier alpha value is -3.02. The molecule has 3 rings (SSSR count). The van der Waals surface area contributed by atoms with E-state index in [0.717, 1.165) is 11.1 Å². The van der Waals surface area contributed by atoms with Crippen LogP contribution >= 0.6 is 0 Å². The Balaban J connectivity index is 1.49. The summed E-state index contributed by atoms with van der Waals surface area (Å²) in [5.41, 5.74) is 3.71. The van der Waals surface area contributed by atoms with Crippen molar-refractivity contribution in [2.45, 2.75) is 20.3 Å². The summed E-state index contributed by atoms with van der Waals surface area (Å²) in [4.78, 5) is 23.9. The average Bonchev–Trinajstić information content (AvgIpc) is 2.63. The predicted octanol–water partition coefficient (Wildman–Crippen LogP) is 2.80. The molecule has 0 spiro atoms. The number of benzene rings is 2. The van der Waals surface area contributed by atoms with Gasteiger partial charge in [0.25, 0.3) is 5.91 Å². The van der Waals surface area contributed by atoms with Crippen LogP contribution in [0.4, 0.5) is 5.69 Å². The molecule has 6 heteroatoms. The van der Waals surface area contributed by atoms with Crippen LogP contribution in [0.15, 0.2) is 36.4 Å². The molecule has 0 saturated heterocycles. The molecule has 1 amide bonds. The van der Waals surface area contributed by atoms with E-state index in [-0.39, 0.29) is 13.0 Å². The number of esters is 1. The highest BCUT2D eigenvalue weighted by atomic mass is 16.6. The minimum absolute atomic E-state index is 0.137. The van der Waals surface area contributed by atoms with Gasteiger partial charge in [0.2, 0.25) is 0 Å². The highest BCUT2D eigenvalue weighted by Gasteiger charge is 2.14. The number of amides is 1. The number of nitrogens with one attached hydrogen (secondary N) is 1. The van der Waals surface area contributed by atoms with Crippen LogP contribution in [0.1, 0.15) is 16.7 Å². The summed E-state index contributed by atoms with van der Waals surface area (Å²) in [6, 6.07) is 10.9. The predicted molar refractivity (Wildman–Crippen MR) is 96.6 cm³/mol. The maximum absolute atomic E-state index is 12.0. The zero-order valence-corrected chi connectivity index (χ0v) is 14.8. The molecular formula is C20H21NO5.